The molecule has 0 spiro atoms. The van der Waals surface area contributed by atoms with E-state index in [2.05, 4.69) is 26.0 Å². The Morgan fingerprint density at radius 3 is 2.67 bits per heavy atom. The number of benzene rings is 2. The van der Waals surface area contributed by atoms with Gasteiger partial charge in [-0.1, -0.05) is 27.5 Å². The molecule has 2 rings (SSSR count). The van der Waals surface area contributed by atoms with Crippen molar-refractivity contribution in [1.82, 2.24) is 0 Å². The van der Waals surface area contributed by atoms with Crippen LogP contribution in [0.3, 0.4) is 0 Å². The van der Waals surface area contributed by atoms with Crippen molar-refractivity contribution in [3.05, 3.63) is 61.3 Å². The molecular weight excluding hydrogens is 417 g/mol. The van der Waals surface area contributed by atoms with Gasteiger partial charge in [-0.25, -0.2) is 4.39 Å². The van der Waals surface area contributed by atoms with E-state index in [1.54, 1.807) is 0 Å². The Morgan fingerprint density at radius 2 is 2.04 bits per heavy atom. The van der Waals surface area contributed by atoms with Gasteiger partial charge in [-0.05, 0) is 24.3 Å². The predicted octanol–water partition coefficient (Wildman–Crippen LogP) is 5.36. The van der Waals surface area contributed by atoms with Crippen molar-refractivity contribution in [3.8, 4) is 5.75 Å². The number of hydrogen-bond donors (Lipinski definition) is 1. The highest BCUT2D eigenvalue weighted by atomic mass is 79.9. The maximum Gasteiger partial charge on any atom is 0.387 e. The Balaban J connectivity index is 2.35. The van der Waals surface area contributed by atoms with Crippen LogP contribution < -0.4 is 10.1 Å². The molecule has 0 heterocycles. The van der Waals surface area contributed by atoms with Crippen LogP contribution in [0, 0.1) is 15.9 Å². The average Bonchev–Trinajstić information content (AvgIpc) is 2.49. The zero-order valence-corrected chi connectivity index (χ0v) is 14.1. The van der Waals surface area contributed by atoms with Crippen LogP contribution in [-0.2, 0) is 6.54 Å². The molecule has 128 valence electrons. The van der Waals surface area contributed by atoms with Crippen molar-refractivity contribution in [2.45, 2.75) is 13.2 Å². The number of rotatable bonds is 6. The monoisotopic (exact) mass is 424 g/mol. The van der Waals surface area contributed by atoms with Gasteiger partial charge in [0.05, 0.1) is 4.92 Å². The smallest absolute Gasteiger partial charge is 0.387 e. The van der Waals surface area contributed by atoms with Gasteiger partial charge < -0.3 is 10.1 Å². The second kappa shape index (κ2) is 7.71. The average molecular weight is 426 g/mol. The van der Waals surface area contributed by atoms with E-state index < -0.39 is 23.1 Å². The molecule has 5 nitrogen and oxygen atoms in total. The minimum atomic E-state index is -3.21. The molecule has 0 bridgehead atoms. The Bertz CT molecular complexity index is 777. The maximum atomic E-state index is 13.8. The van der Waals surface area contributed by atoms with E-state index in [0.717, 1.165) is 6.07 Å². The fourth-order valence-corrected chi connectivity index (χ4v) is 2.57. The second-order valence-electron chi connectivity index (χ2n) is 4.49. The molecule has 0 aliphatic heterocycles. The van der Waals surface area contributed by atoms with Crippen molar-refractivity contribution in [2.24, 2.45) is 0 Å². The second-order valence-corrected chi connectivity index (χ2v) is 5.78. The molecule has 24 heavy (non-hydrogen) atoms. The van der Waals surface area contributed by atoms with Gasteiger partial charge >= 0.3 is 6.61 Å². The Kier molecular flexibility index (Phi) is 5.89. The highest BCUT2D eigenvalue weighted by Crippen LogP contribution is 2.33. The van der Waals surface area contributed by atoms with Gasteiger partial charge in [0.1, 0.15) is 5.69 Å². The van der Waals surface area contributed by atoms with Gasteiger partial charge in [-0.2, -0.15) is 8.78 Å². The lowest BCUT2D eigenvalue weighted by Crippen LogP contribution is -2.10. The lowest BCUT2D eigenvalue weighted by Gasteiger charge is -2.15. The Morgan fingerprint density at radius 1 is 1.33 bits per heavy atom. The lowest BCUT2D eigenvalue weighted by molar-refractivity contribution is -0.384. The molecule has 0 amide bonds. The van der Waals surface area contributed by atoms with Crippen molar-refractivity contribution >= 4 is 38.9 Å². The first kappa shape index (κ1) is 18.3. The summed E-state index contributed by atoms with van der Waals surface area (Å²) in [6.07, 6.45) is 0. The Labute approximate surface area is 147 Å². The molecular formula is C14H9BrClF3N2O3. The van der Waals surface area contributed by atoms with Crippen LogP contribution in [0.2, 0.25) is 5.02 Å². The van der Waals surface area contributed by atoms with Gasteiger partial charge in [0.15, 0.2) is 11.6 Å². The number of nitro benzene ring substituents is 1. The zero-order chi connectivity index (χ0) is 17.9. The van der Waals surface area contributed by atoms with E-state index in [9.17, 15) is 23.3 Å². The first-order valence-electron chi connectivity index (χ1n) is 6.39. The SMILES string of the molecule is O=[N+]([O-])c1ccc(Cl)cc1NCc1c(Br)ccc(F)c1OC(F)F. The van der Waals surface area contributed by atoms with Gasteiger partial charge in [-0.15, -0.1) is 0 Å². The summed E-state index contributed by atoms with van der Waals surface area (Å²) in [4.78, 5) is 10.4. The highest BCUT2D eigenvalue weighted by molar-refractivity contribution is 9.10. The number of nitro groups is 1. The third-order valence-corrected chi connectivity index (χ3v) is 3.95. The third-order valence-electron chi connectivity index (χ3n) is 2.97. The molecule has 0 radical (unpaired) electrons. The van der Waals surface area contributed by atoms with E-state index in [0.29, 0.717) is 4.47 Å². The third kappa shape index (κ3) is 4.30. The molecule has 0 fully saturated rings. The fourth-order valence-electron chi connectivity index (χ4n) is 1.95. The summed E-state index contributed by atoms with van der Waals surface area (Å²) in [5.41, 5.74) is -0.153. The van der Waals surface area contributed by atoms with Gasteiger partial charge in [0.2, 0.25) is 0 Å². The first-order chi connectivity index (χ1) is 11.3. The van der Waals surface area contributed by atoms with Crippen LogP contribution in [0.15, 0.2) is 34.8 Å². The molecule has 0 atom stereocenters. The fraction of sp³-hybridized carbons (Fsp3) is 0.143. The predicted molar refractivity (Wildman–Crippen MR) is 86.2 cm³/mol. The minimum Gasteiger partial charge on any atom is -0.431 e. The van der Waals surface area contributed by atoms with Crippen LogP contribution in [0.5, 0.6) is 5.75 Å². The molecule has 0 saturated heterocycles. The standard InChI is InChI=1S/C14H9BrClF3N2O3/c15-9-2-3-10(17)13(24-14(18)19)8(9)6-20-11-5-7(16)1-4-12(11)21(22)23/h1-5,14,20H,6H2. The quantitative estimate of drug-likeness (QED) is 0.500. The van der Waals surface area contributed by atoms with Gasteiger partial charge in [0.25, 0.3) is 5.69 Å². The van der Waals surface area contributed by atoms with Crippen molar-refractivity contribution < 1.29 is 22.8 Å². The van der Waals surface area contributed by atoms with Crippen molar-refractivity contribution in [2.75, 3.05) is 5.32 Å². The highest BCUT2D eigenvalue weighted by Gasteiger charge is 2.19. The van der Waals surface area contributed by atoms with E-state index >= 15 is 0 Å². The van der Waals surface area contributed by atoms with Crippen LogP contribution in [0.1, 0.15) is 5.56 Å². The Hall–Kier alpha value is -2.00. The number of nitrogens with one attached hydrogen (secondary N) is 1. The van der Waals surface area contributed by atoms with Crippen molar-refractivity contribution in [1.29, 1.82) is 0 Å². The molecule has 2 aromatic rings. The summed E-state index contributed by atoms with van der Waals surface area (Å²) >= 11 is 8.92. The zero-order valence-electron chi connectivity index (χ0n) is 11.7. The van der Waals surface area contributed by atoms with Gasteiger partial charge in [0, 0.05) is 27.7 Å². The summed E-state index contributed by atoms with van der Waals surface area (Å²) < 4.78 is 43.2. The summed E-state index contributed by atoms with van der Waals surface area (Å²) in [6.45, 7) is -3.42. The minimum absolute atomic E-state index is 0.0459. The van der Waals surface area contributed by atoms with E-state index in [-0.39, 0.29) is 28.5 Å². The number of ether oxygens (including phenoxy) is 1. The van der Waals surface area contributed by atoms with E-state index in [1.807, 2.05) is 0 Å². The maximum absolute atomic E-state index is 13.8. The number of halogens is 5. The van der Waals surface area contributed by atoms with Crippen LogP contribution in [0.4, 0.5) is 24.5 Å². The summed E-state index contributed by atoms with van der Waals surface area (Å²) in [7, 11) is 0. The molecule has 0 aromatic heterocycles. The van der Waals surface area contributed by atoms with Crippen LogP contribution in [0.25, 0.3) is 0 Å². The largest absolute Gasteiger partial charge is 0.431 e. The molecule has 1 N–H and O–H groups in total. The number of hydrogen-bond acceptors (Lipinski definition) is 4. The van der Waals surface area contributed by atoms with Crippen molar-refractivity contribution in [3.63, 3.8) is 0 Å². The number of alkyl halides is 2. The summed E-state index contributed by atoms with van der Waals surface area (Å²) in [5, 5.41) is 13.9. The molecule has 0 aliphatic carbocycles. The molecule has 2 aromatic carbocycles. The van der Waals surface area contributed by atoms with Gasteiger partial charge in [-0.3, -0.25) is 10.1 Å². The molecule has 0 saturated carbocycles. The normalized spacial score (nSPS) is 10.8. The van der Waals surface area contributed by atoms with E-state index in [1.165, 1.54) is 24.3 Å². The number of nitrogens with zero attached hydrogens (tertiary/aromatic N) is 1. The van der Waals surface area contributed by atoms with Crippen LogP contribution in [-0.4, -0.2) is 11.5 Å². The van der Waals surface area contributed by atoms with E-state index in [4.69, 9.17) is 11.6 Å². The molecule has 0 unspecified atom stereocenters. The lowest BCUT2D eigenvalue weighted by atomic mass is 10.1. The van der Waals surface area contributed by atoms with Crippen LogP contribution >= 0.6 is 27.5 Å². The summed E-state index contributed by atoms with van der Waals surface area (Å²) in [6, 6.07) is 6.13. The molecule has 10 heteroatoms. The summed E-state index contributed by atoms with van der Waals surface area (Å²) in [5.74, 6) is -1.62. The molecule has 0 aliphatic rings. The first-order valence-corrected chi connectivity index (χ1v) is 7.56. The number of anilines is 1. The topological polar surface area (TPSA) is 64.4 Å².